The van der Waals surface area contributed by atoms with Crippen molar-refractivity contribution in [3.8, 4) is 97.5 Å². The summed E-state index contributed by atoms with van der Waals surface area (Å²) < 4.78 is 116. The van der Waals surface area contributed by atoms with Gasteiger partial charge < -0.3 is 22.9 Å². The summed E-state index contributed by atoms with van der Waals surface area (Å²) in [6.45, 7) is 17.1. The maximum atomic E-state index is 14.6. The highest BCUT2D eigenvalue weighted by molar-refractivity contribution is 7.93. The van der Waals surface area contributed by atoms with Gasteiger partial charge in [-0.2, -0.15) is 0 Å². The van der Waals surface area contributed by atoms with E-state index in [9.17, 15) is 33.7 Å². The molecule has 28 heteroatoms. The monoisotopic (exact) mass is 1920 g/mol. The highest BCUT2D eigenvalue weighted by atomic mass is 32.2. The molecule has 0 spiro atoms. The Bertz CT molecular complexity index is 5580. The van der Waals surface area contributed by atoms with Gasteiger partial charge >= 0.3 is 0 Å². The van der Waals surface area contributed by atoms with Crippen LogP contribution >= 0.6 is 136 Å². The molecular weight excluding hydrogens is 1800 g/mol. The van der Waals surface area contributed by atoms with Crippen LogP contribution in [-0.2, 0) is 39.3 Å². The summed E-state index contributed by atoms with van der Waals surface area (Å²) in [4.78, 5) is 21.8. The van der Waals surface area contributed by atoms with Gasteiger partial charge in [-0.15, -0.1) is 136 Å². The minimum absolute atomic E-state index is 0.00125. The molecule has 0 saturated carbocycles. The normalized spacial score (nSPS) is 12.3. The Morgan fingerprint density at radius 1 is 0.192 bits per heavy atom. The predicted octanol–water partition coefficient (Wildman–Crippen LogP) is 32.0. The van der Waals surface area contributed by atoms with Gasteiger partial charge in [0.25, 0.3) is 0 Å². The topological polar surface area (TPSA) is 241 Å². The lowest BCUT2D eigenvalue weighted by Crippen LogP contribution is -2.10. The summed E-state index contributed by atoms with van der Waals surface area (Å²) in [7, 11) is -15.4. The first-order valence-electron chi connectivity index (χ1n) is 43.0. The van der Waals surface area contributed by atoms with Crippen molar-refractivity contribution in [1.29, 1.82) is 0 Å². The Morgan fingerprint density at radius 2 is 0.358 bits per heavy atom. The van der Waals surface area contributed by atoms with Crippen molar-refractivity contribution in [2.75, 3.05) is 45.9 Å². The third-order valence-electron chi connectivity index (χ3n) is 21.6. The molecule has 0 aliphatic carbocycles. The first kappa shape index (κ1) is 96.0. The molecule has 0 amide bonds. The predicted molar refractivity (Wildman–Crippen MR) is 537 cm³/mol. The Morgan fingerprint density at radius 3 is 0.583 bits per heavy atom. The molecule has 0 atom stereocenters. The van der Waals surface area contributed by atoms with Gasteiger partial charge in [0, 0.05) is 78.0 Å². The van der Waals surface area contributed by atoms with Gasteiger partial charge in [0.05, 0.1) is 84.8 Å². The molecule has 0 fully saturated rings. The lowest BCUT2D eigenvalue weighted by Gasteiger charge is -2.09. The van der Waals surface area contributed by atoms with Crippen molar-refractivity contribution >= 4 is 198 Å². The van der Waals surface area contributed by atoms with E-state index in [-0.39, 0.29) is 65.3 Å². The zero-order valence-electron chi connectivity index (χ0n) is 70.8. The third-order valence-corrected chi connectivity index (χ3v) is 44.6. The average Bonchev–Trinajstić information content (AvgIpc) is 1.58. The lowest BCUT2D eigenvalue weighted by molar-refractivity contribution is 0.572. The van der Waals surface area contributed by atoms with Crippen LogP contribution in [0.15, 0.2) is 117 Å². The van der Waals surface area contributed by atoms with E-state index in [0.29, 0.717) is 64.7 Å². The molecule has 652 valence electrons. The van der Waals surface area contributed by atoms with Crippen LogP contribution in [0, 0.1) is 27.7 Å². The molecule has 0 aliphatic rings. The zero-order chi connectivity index (χ0) is 85.7. The molecule has 12 heterocycles. The molecule has 0 bridgehead atoms. The molecular formula is C92H120N4O8S16. The van der Waals surface area contributed by atoms with E-state index < -0.39 is 39.3 Å². The fourth-order valence-electron chi connectivity index (χ4n) is 15.0. The van der Waals surface area contributed by atoms with Crippen molar-refractivity contribution in [2.45, 2.75) is 280 Å². The lowest BCUT2D eigenvalue weighted by atomic mass is 10.1. The van der Waals surface area contributed by atoms with Gasteiger partial charge in [-0.25, -0.2) is 33.7 Å². The van der Waals surface area contributed by atoms with E-state index in [4.69, 9.17) is 22.9 Å². The molecule has 0 aromatic carbocycles. The molecule has 12 nitrogen and oxygen atoms in total. The zero-order valence-corrected chi connectivity index (χ0v) is 83.9. The summed E-state index contributed by atoms with van der Waals surface area (Å²) >= 11 is 18.3. The average molecular weight is 1920 g/mol. The van der Waals surface area contributed by atoms with E-state index in [1.807, 2.05) is 42.5 Å². The number of hydrogen-bond acceptors (Lipinski definition) is 24. The number of hydrogen-bond donors (Lipinski definition) is 4. The first-order chi connectivity index (χ1) is 57.7. The van der Waals surface area contributed by atoms with Crippen LogP contribution in [0.5, 0.6) is 0 Å². The number of nitrogen functional groups attached to an aromatic ring is 4. The van der Waals surface area contributed by atoms with E-state index in [1.54, 1.807) is 90.7 Å². The van der Waals surface area contributed by atoms with Crippen molar-refractivity contribution in [1.82, 2.24) is 0 Å². The highest BCUT2D eigenvalue weighted by Gasteiger charge is 2.38. The Balaban J connectivity index is 0.000000235. The molecule has 12 rings (SSSR count). The van der Waals surface area contributed by atoms with E-state index in [2.05, 4.69) is 110 Å². The van der Waals surface area contributed by atoms with Gasteiger partial charge in [0.15, 0.2) is 39.3 Å². The molecule has 0 unspecified atom stereocenters. The quantitative estimate of drug-likeness (QED) is 0.0260. The van der Waals surface area contributed by atoms with Crippen LogP contribution in [0.25, 0.3) is 97.5 Å². The van der Waals surface area contributed by atoms with Crippen LogP contribution in [0.1, 0.15) is 253 Å². The van der Waals surface area contributed by atoms with Gasteiger partial charge in [-0.05, 0) is 150 Å². The Labute approximate surface area is 764 Å². The number of nitrogens with two attached hydrogens (primary N) is 4. The summed E-state index contributed by atoms with van der Waals surface area (Å²) in [6.07, 6.45) is 33.2. The summed E-state index contributed by atoms with van der Waals surface area (Å²) in [6, 6.07) is 33.0. The number of thiophene rings is 12. The van der Waals surface area contributed by atoms with E-state index >= 15 is 0 Å². The number of anilines is 4. The SMILES string of the molecule is CCCCCCCCCCS(=O)(=O)c1c(-c2ccc(-c3ccc(C)s3)s2)sc(-c2sc(-c3ccc(-c4ccc(C)s4)s3)c(N)c2S(=O)(=O)CCCCCCCCCC)c1N.CCCCCCCCCCS(=O)(=O)c1c(-c2ccc(-c3ccc(C)s3)s2)sc(-c2sc(-c3ccc(-c4ccc(C)s4)s3)c(S(=O)(=O)CCCCCCCCCC)c2N)c1N. The van der Waals surface area contributed by atoms with Crippen molar-refractivity contribution in [2.24, 2.45) is 0 Å². The maximum Gasteiger partial charge on any atom is 0.181 e. The van der Waals surface area contributed by atoms with Crippen molar-refractivity contribution < 1.29 is 33.7 Å². The minimum atomic E-state index is -3.88. The smallest absolute Gasteiger partial charge is 0.181 e. The van der Waals surface area contributed by atoms with Crippen LogP contribution in [-0.4, -0.2) is 56.7 Å². The summed E-state index contributed by atoms with van der Waals surface area (Å²) in [5.74, 6) is -0.0441. The summed E-state index contributed by atoms with van der Waals surface area (Å²) in [5.41, 5.74) is 28.8. The standard InChI is InChI=1S/2C46H60N2O4S8/c1-5-7-9-11-13-15-17-19-29-59(49,50)45-39(47)43(57-41(45)37-27-25-35(55-37)33-23-21-31(3)53-33)44-40(48)46(60(51,52)30-20-18-16-14-12-10-8-6-2)42(58-44)38-28-26-36(56-38)34-24-22-32(4)54-34;1-5-7-9-11-13-15-17-19-29-59(49,50)45-40(48)43(58-42(45)38-28-26-36(56-38)34-24-22-32(4)54-34)44-46(60(51,52)30-20-18-16-14-12-10-8-6-2)39(47)41(57-44)37-27-25-35(55-37)33-23-21-31(3)53-33/h2*21-28H,5-20,29-30,47-48H2,1-4H3. The number of unbranched alkanes of at least 4 members (excludes halogenated alkanes) is 28. The largest absolute Gasteiger partial charge is 0.396 e. The fraction of sp³-hybridized carbons (Fsp3) is 0.478. The second kappa shape index (κ2) is 45.7. The molecule has 0 saturated heterocycles. The van der Waals surface area contributed by atoms with Gasteiger partial charge in [0.1, 0.15) is 19.6 Å². The number of rotatable bonds is 50. The molecule has 0 aliphatic heterocycles. The number of aryl methyl sites for hydroxylation is 4. The van der Waals surface area contributed by atoms with Crippen LogP contribution in [0.4, 0.5) is 22.7 Å². The highest BCUT2D eigenvalue weighted by Crippen LogP contribution is 2.59. The van der Waals surface area contributed by atoms with Crippen LogP contribution < -0.4 is 22.9 Å². The van der Waals surface area contributed by atoms with Crippen molar-refractivity contribution in [3.63, 3.8) is 0 Å². The molecule has 12 aromatic heterocycles. The maximum absolute atomic E-state index is 14.6. The molecule has 120 heavy (non-hydrogen) atoms. The fourth-order valence-corrected chi connectivity index (χ4v) is 37.1. The second-order valence-electron chi connectivity index (χ2n) is 31.5. The Hall–Kier alpha value is -4.60. The Kier molecular flexibility index (Phi) is 36.6. The van der Waals surface area contributed by atoms with Crippen molar-refractivity contribution in [3.05, 3.63) is 117 Å². The van der Waals surface area contributed by atoms with Gasteiger partial charge in [-0.3, -0.25) is 0 Å². The minimum Gasteiger partial charge on any atom is -0.396 e. The van der Waals surface area contributed by atoms with Gasteiger partial charge in [-0.1, -0.05) is 207 Å². The molecule has 8 N–H and O–H groups in total. The number of sulfone groups is 4. The third kappa shape index (κ3) is 25.0. The summed E-state index contributed by atoms with van der Waals surface area (Å²) in [5, 5.41) is 0. The van der Waals surface area contributed by atoms with Crippen LogP contribution in [0.2, 0.25) is 0 Å². The molecule has 0 radical (unpaired) electrons. The van der Waals surface area contributed by atoms with Crippen LogP contribution in [0.3, 0.4) is 0 Å². The molecule has 12 aromatic rings. The van der Waals surface area contributed by atoms with E-state index in [1.165, 1.54) is 168 Å². The second-order valence-corrected chi connectivity index (χ2v) is 53.2. The van der Waals surface area contributed by atoms with E-state index in [0.717, 1.165) is 136 Å². The first-order valence-corrected chi connectivity index (χ1v) is 59.4. The van der Waals surface area contributed by atoms with Gasteiger partial charge in [0.2, 0.25) is 0 Å².